The molecule has 1 rings (SSSR count). The zero-order chi connectivity index (χ0) is 15.3. The lowest BCUT2D eigenvalue weighted by molar-refractivity contribution is 0.0697. The van der Waals surface area contributed by atoms with Crippen LogP contribution >= 0.6 is 0 Å². The van der Waals surface area contributed by atoms with Crippen molar-refractivity contribution in [2.45, 2.75) is 19.8 Å². The van der Waals surface area contributed by atoms with Crippen molar-refractivity contribution in [3.8, 4) is 0 Å². The Hall–Kier alpha value is -1.83. The van der Waals surface area contributed by atoms with Crippen molar-refractivity contribution in [2.75, 3.05) is 29.5 Å². The highest BCUT2D eigenvalue weighted by molar-refractivity contribution is 7.92. The summed E-state index contributed by atoms with van der Waals surface area (Å²) in [5.74, 6) is -0.821. The summed E-state index contributed by atoms with van der Waals surface area (Å²) in [6, 6.07) is 1.27. The predicted molar refractivity (Wildman–Crippen MR) is 77.8 cm³/mol. The minimum Gasteiger partial charge on any atom is -0.478 e. The topological polar surface area (TPSA) is 99.6 Å². The number of unbranched alkanes of at least 4 members (excludes halogenated alkanes) is 1. The second-order valence-electron chi connectivity index (χ2n) is 4.55. The number of nitrogens with one attached hydrogen (secondary N) is 1. The van der Waals surface area contributed by atoms with Crippen molar-refractivity contribution >= 4 is 27.5 Å². The SMILES string of the molecule is CCCCN(C)c1ncc(NS(C)(=O)=O)cc1C(=O)O. The van der Waals surface area contributed by atoms with Crippen molar-refractivity contribution in [1.82, 2.24) is 4.98 Å². The maximum absolute atomic E-state index is 11.3. The Morgan fingerprint density at radius 1 is 1.50 bits per heavy atom. The number of nitrogens with zero attached hydrogens (tertiary/aromatic N) is 2. The van der Waals surface area contributed by atoms with Gasteiger partial charge in [-0.1, -0.05) is 13.3 Å². The number of pyridine rings is 1. The van der Waals surface area contributed by atoms with Gasteiger partial charge in [0.15, 0.2) is 0 Å². The van der Waals surface area contributed by atoms with E-state index in [1.807, 2.05) is 6.92 Å². The zero-order valence-electron chi connectivity index (χ0n) is 11.8. The van der Waals surface area contributed by atoms with Crippen LogP contribution < -0.4 is 9.62 Å². The number of carboxylic acids is 1. The predicted octanol–water partition coefficient (Wildman–Crippen LogP) is 1.39. The van der Waals surface area contributed by atoms with E-state index in [-0.39, 0.29) is 11.3 Å². The van der Waals surface area contributed by atoms with E-state index in [0.29, 0.717) is 12.4 Å². The van der Waals surface area contributed by atoms with E-state index in [2.05, 4.69) is 9.71 Å². The van der Waals surface area contributed by atoms with E-state index >= 15 is 0 Å². The van der Waals surface area contributed by atoms with Crippen molar-refractivity contribution in [1.29, 1.82) is 0 Å². The molecule has 0 amide bonds. The monoisotopic (exact) mass is 301 g/mol. The molecule has 0 atom stereocenters. The largest absolute Gasteiger partial charge is 0.478 e. The lowest BCUT2D eigenvalue weighted by atomic mass is 10.2. The average molecular weight is 301 g/mol. The van der Waals surface area contributed by atoms with E-state index in [4.69, 9.17) is 0 Å². The van der Waals surface area contributed by atoms with E-state index in [1.54, 1.807) is 11.9 Å². The molecular weight excluding hydrogens is 282 g/mol. The summed E-state index contributed by atoms with van der Waals surface area (Å²) in [6.07, 6.45) is 4.21. The molecule has 0 saturated carbocycles. The molecule has 1 aromatic rings. The summed E-state index contributed by atoms with van der Waals surface area (Å²) in [4.78, 5) is 17.1. The summed E-state index contributed by atoms with van der Waals surface area (Å²) in [6.45, 7) is 2.72. The van der Waals surface area contributed by atoms with Crippen LogP contribution in [0, 0.1) is 0 Å². The van der Waals surface area contributed by atoms with Crippen molar-refractivity contribution < 1.29 is 18.3 Å². The average Bonchev–Trinajstić information content (AvgIpc) is 2.33. The van der Waals surface area contributed by atoms with Crippen LogP contribution in [0.3, 0.4) is 0 Å². The minimum atomic E-state index is -3.46. The molecule has 0 aromatic carbocycles. The maximum atomic E-state index is 11.3. The molecule has 20 heavy (non-hydrogen) atoms. The molecule has 8 heteroatoms. The molecule has 2 N–H and O–H groups in total. The molecule has 0 fully saturated rings. The lowest BCUT2D eigenvalue weighted by Crippen LogP contribution is -2.23. The second kappa shape index (κ2) is 6.56. The van der Waals surface area contributed by atoms with Gasteiger partial charge in [0.1, 0.15) is 11.4 Å². The number of aromatic carboxylic acids is 1. The Bertz CT molecular complexity index is 586. The van der Waals surface area contributed by atoms with Gasteiger partial charge in [-0.15, -0.1) is 0 Å². The Morgan fingerprint density at radius 2 is 2.15 bits per heavy atom. The van der Waals surface area contributed by atoms with E-state index in [1.165, 1.54) is 12.3 Å². The quantitative estimate of drug-likeness (QED) is 0.789. The number of sulfonamides is 1. The third-order valence-electron chi connectivity index (χ3n) is 2.61. The lowest BCUT2D eigenvalue weighted by Gasteiger charge is -2.20. The third kappa shape index (κ3) is 4.69. The Labute approximate surface area is 118 Å². The van der Waals surface area contributed by atoms with Crippen LogP contribution in [0.15, 0.2) is 12.3 Å². The van der Waals surface area contributed by atoms with Gasteiger partial charge in [0, 0.05) is 13.6 Å². The van der Waals surface area contributed by atoms with E-state index in [0.717, 1.165) is 19.1 Å². The fourth-order valence-corrected chi connectivity index (χ4v) is 2.23. The molecule has 0 radical (unpaired) electrons. The van der Waals surface area contributed by atoms with E-state index in [9.17, 15) is 18.3 Å². The molecule has 0 aliphatic heterocycles. The highest BCUT2D eigenvalue weighted by atomic mass is 32.2. The first kappa shape index (κ1) is 16.2. The van der Waals surface area contributed by atoms with Gasteiger partial charge in [-0.05, 0) is 12.5 Å². The number of aromatic nitrogens is 1. The smallest absolute Gasteiger partial charge is 0.339 e. The summed E-state index contributed by atoms with van der Waals surface area (Å²) < 4.78 is 24.5. The molecule has 0 bridgehead atoms. The van der Waals surface area contributed by atoms with Gasteiger partial charge in [-0.3, -0.25) is 4.72 Å². The molecular formula is C12H19N3O4S. The number of hydrogen-bond donors (Lipinski definition) is 2. The summed E-state index contributed by atoms with van der Waals surface area (Å²) >= 11 is 0. The minimum absolute atomic E-state index is 0.0303. The first-order chi connectivity index (χ1) is 9.24. The summed E-state index contributed by atoms with van der Waals surface area (Å²) in [7, 11) is -1.71. The summed E-state index contributed by atoms with van der Waals surface area (Å²) in [5.41, 5.74) is 0.106. The Kier molecular flexibility index (Phi) is 5.32. The molecule has 7 nitrogen and oxygen atoms in total. The van der Waals surface area contributed by atoms with Gasteiger partial charge in [0.2, 0.25) is 10.0 Å². The third-order valence-corrected chi connectivity index (χ3v) is 3.22. The normalized spacial score (nSPS) is 11.2. The van der Waals surface area contributed by atoms with E-state index < -0.39 is 16.0 Å². The Morgan fingerprint density at radius 3 is 2.65 bits per heavy atom. The van der Waals surface area contributed by atoms with Crippen molar-refractivity contribution in [3.05, 3.63) is 17.8 Å². The van der Waals surface area contributed by atoms with Gasteiger partial charge in [0.25, 0.3) is 0 Å². The van der Waals surface area contributed by atoms with Crippen LogP contribution in [0.25, 0.3) is 0 Å². The van der Waals surface area contributed by atoms with Crippen LogP contribution in [0.4, 0.5) is 11.5 Å². The summed E-state index contributed by atoms with van der Waals surface area (Å²) in [5, 5.41) is 9.22. The standard InChI is InChI=1S/C12H19N3O4S/c1-4-5-6-15(2)11-10(12(16)17)7-9(8-13-11)14-20(3,18)19/h7-8,14H,4-6H2,1-3H3,(H,16,17). The van der Waals surface area contributed by atoms with Gasteiger partial charge in [-0.2, -0.15) is 0 Å². The molecule has 1 aromatic heterocycles. The second-order valence-corrected chi connectivity index (χ2v) is 6.30. The number of carboxylic acid groups (broad SMARTS) is 1. The molecule has 0 unspecified atom stereocenters. The first-order valence-electron chi connectivity index (χ1n) is 6.17. The highest BCUT2D eigenvalue weighted by Gasteiger charge is 2.16. The van der Waals surface area contributed by atoms with Crippen LogP contribution in [-0.2, 0) is 10.0 Å². The Balaban J connectivity index is 3.11. The van der Waals surface area contributed by atoms with Crippen LogP contribution in [0.2, 0.25) is 0 Å². The zero-order valence-corrected chi connectivity index (χ0v) is 12.6. The fraction of sp³-hybridized carbons (Fsp3) is 0.500. The maximum Gasteiger partial charge on any atom is 0.339 e. The van der Waals surface area contributed by atoms with Gasteiger partial charge in [-0.25, -0.2) is 18.2 Å². The highest BCUT2D eigenvalue weighted by Crippen LogP contribution is 2.21. The number of rotatable bonds is 7. The molecule has 112 valence electrons. The molecule has 0 aliphatic carbocycles. The fourth-order valence-electron chi connectivity index (χ4n) is 1.69. The van der Waals surface area contributed by atoms with Crippen LogP contribution in [0.1, 0.15) is 30.1 Å². The van der Waals surface area contributed by atoms with Crippen molar-refractivity contribution in [3.63, 3.8) is 0 Å². The van der Waals surface area contributed by atoms with Crippen LogP contribution in [-0.4, -0.2) is 44.3 Å². The molecule has 0 spiro atoms. The van der Waals surface area contributed by atoms with Crippen molar-refractivity contribution in [2.24, 2.45) is 0 Å². The van der Waals surface area contributed by atoms with Gasteiger partial charge < -0.3 is 10.0 Å². The first-order valence-corrected chi connectivity index (χ1v) is 8.06. The number of carbonyl (C=O) groups is 1. The number of hydrogen-bond acceptors (Lipinski definition) is 5. The molecule has 0 aliphatic rings. The van der Waals surface area contributed by atoms with Gasteiger partial charge in [0.05, 0.1) is 18.1 Å². The van der Waals surface area contributed by atoms with Gasteiger partial charge >= 0.3 is 5.97 Å². The van der Waals surface area contributed by atoms with Crippen LogP contribution in [0.5, 0.6) is 0 Å². The molecule has 1 heterocycles. The molecule has 0 saturated heterocycles. The number of anilines is 2.